The molecule has 0 bridgehead atoms. The quantitative estimate of drug-likeness (QED) is 0.675. The number of anilines is 2. The monoisotopic (exact) mass is 413 g/mol. The molecule has 28 heavy (non-hydrogen) atoms. The number of carbonyl (C=O) groups is 1. The molecule has 2 aromatic carbocycles. The first-order chi connectivity index (χ1) is 13.1. The van der Waals surface area contributed by atoms with E-state index in [1.54, 1.807) is 0 Å². The van der Waals surface area contributed by atoms with Crippen molar-refractivity contribution < 1.29 is 26.4 Å². The molecule has 3 rings (SSSR count). The normalized spacial score (nSPS) is 20.6. The largest absolute Gasteiger partial charge is 0.380 e. The fraction of sp³-hybridized carbons (Fsp3) is 0.278. The molecule has 0 fully saturated rings. The van der Waals surface area contributed by atoms with Gasteiger partial charge in [-0.2, -0.15) is 0 Å². The van der Waals surface area contributed by atoms with Crippen LogP contribution in [-0.4, -0.2) is 26.4 Å². The van der Waals surface area contributed by atoms with Crippen LogP contribution in [0.25, 0.3) is 0 Å². The molecule has 0 saturated heterocycles. The highest BCUT2D eigenvalue weighted by Gasteiger charge is 2.30. The molecule has 150 valence electrons. The fourth-order valence-corrected chi connectivity index (χ4v) is 4.58. The van der Waals surface area contributed by atoms with Gasteiger partial charge < -0.3 is 10.6 Å². The molecule has 1 heterocycles. The smallest absolute Gasteiger partial charge is 0.255 e. The Labute approximate surface area is 160 Å². The molecule has 0 aliphatic carbocycles. The standard InChI is InChI=1S/C18H18F3N3O3S/c1-3-14-9(2)22-15-5-4-10(6-16(15)28(26,27)24-14)18(25)23-11-7-12(19)17(21)13(20)8-11/h4-9,14,22,24H,3H2,1-2H3,(H,23,25). The van der Waals surface area contributed by atoms with Crippen molar-refractivity contribution in [3.8, 4) is 0 Å². The van der Waals surface area contributed by atoms with Gasteiger partial charge >= 0.3 is 0 Å². The summed E-state index contributed by atoms with van der Waals surface area (Å²) in [5.41, 5.74) is 0.000147. The van der Waals surface area contributed by atoms with E-state index in [2.05, 4.69) is 15.4 Å². The van der Waals surface area contributed by atoms with Crippen molar-refractivity contribution >= 4 is 27.3 Å². The van der Waals surface area contributed by atoms with Gasteiger partial charge in [0.25, 0.3) is 5.91 Å². The SMILES string of the molecule is CCC1NS(=O)(=O)c2cc(C(=O)Nc3cc(F)c(F)c(F)c3)ccc2NC1C. The Morgan fingerprint density at radius 3 is 2.39 bits per heavy atom. The summed E-state index contributed by atoms with van der Waals surface area (Å²) in [4.78, 5) is 12.3. The molecule has 6 nitrogen and oxygen atoms in total. The Kier molecular flexibility index (Phi) is 5.35. The highest BCUT2D eigenvalue weighted by Crippen LogP contribution is 2.28. The van der Waals surface area contributed by atoms with E-state index in [9.17, 15) is 26.4 Å². The highest BCUT2D eigenvalue weighted by atomic mass is 32.2. The number of rotatable bonds is 3. The zero-order valence-electron chi connectivity index (χ0n) is 15.0. The third kappa shape index (κ3) is 3.83. The van der Waals surface area contributed by atoms with Crippen LogP contribution in [0.5, 0.6) is 0 Å². The summed E-state index contributed by atoms with van der Waals surface area (Å²) < 4.78 is 67.5. The zero-order chi connectivity index (χ0) is 20.6. The molecule has 3 N–H and O–H groups in total. The van der Waals surface area contributed by atoms with Gasteiger partial charge in [0.05, 0.1) is 5.69 Å². The molecule has 0 radical (unpaired) electrons. The van der Waals surface area contributed by atoms with Gasteiger partial charge in [0, 0.05) is 35.5 Å². The first-order valence-electron chi connectivity index (χ1n) is 8.51. The Morgan fingerprint density at radius 1 is 1.14 bits per heavy atom. The number of hydrogen-bond donors (Lipinski definition) is 3. The van der Waals surface area contributed by atoms with Gasteiger partial charge in [-0.3, -0.25) is 4.79 Å². The Balaban J connectivity index is 1.93. The fourth-order valence-electron chi connectivity index (χ4n) is 2.98. The van der Waals surface area contributed by atoms with E-state index in [-0.39, 0.29) is 28.2 Å². The van der Waals surface area contributed by atoms with Crippen molar-refractivity contribution in [3.63, 3.8) is 0 Å². The maximum absolute atomic E-state index is 13.3. The van der Waals surface area contributed by atoms with Crippen LogP contribution in [0.15, 0.2) is 35.2 Å². The van der Waals surface area contributed by atoms with E-state index in [4.69, 9.17) is 0 Å². The summed E-state index contributed by atoms with van der Waals surface area (Å²) in [6, 6.07) is 4.75. The Bertz CT molecular complexity index is 1020. The van der Waals surface area contributed by atoms with E-state index in [0.29, 0.717) is 24.2 Å². The number of hydrogen-bond acceptors (Lipinski definition) is 4. The second kappa shape index (κ2) is 7.44. The van der Waals surface area contributed by atoms with E-state index < -0.39 is 33.4 Å². The molecule has 2 atom stereocenters. The molecule has 1 amide bonds. The van der Waals surface area contributed by atoms with E-state index in [0.717, 1.165) is 0 Å². The third-order valence-corrected chi connectivity index (χ3v) is 6.04. The summed E-state index contributed by atoms with van der Waals surface area (Å²) in [5.74, 6) is -5.35. The number of fused-ring (bicyclic) bond motifs is 1. The van der Waals surface area contributed by atoms with Crippen molar-refractivity contribution in [3.05, 3.63) is 53.3 Å². The second-order valence-electron chi connectivity index (χ2n) is 6.49. The first kappa shape index (κ1) is 20.2. The molecule has 0 aromatic heterocycles. The lowest BCUT2D eigenvalue weighted by Crippen LogP contribution is -2.42. The van der Waals surface area contributed by atoms with Crippen LogP contribution in [0, 0.1) is 17.5 Å². The molecule has 10 heteroatoms. The Hall–Kier alpha value is -2.59. The van der Waals surface area contributed by atoms with Crippen LogP contribution < -0.4 is 15.4 Å². The average molecular weight is 413 g/mol. The molecular weight excluding hydrogens is 395 g/mol. The van der Waals surface area contributed by atoms with Gasteiger partial charge in [0.15, 0.2) is 17.5 Å². The van der Waals surface area contributed by atoms with Crippen LogP contribution in [0.3, 0.4) is 0 Å². The number of benzene rings is 2. The summed E-state index contributed by atoms with van der Waals surface area (Å²) in [6.45, 7) is 3.69. The van der Waals surface area contributed by atoms with Gasteiger partial charge in [-0.25, -0.2) is 26.3 Å². The van der Waals surface area contributed by atoms with Crippen LogP contribution in [0.2, 0.25) is 0 Å². The second-order valence-corrected chi connectivity index (χ2v) is 8.17. The van der Waals surface area contributed by atoms with Crippen LogP contribution in [0.1, 0.15) is 30.6 Å². The minimum Gasteiger partial charge on any atom is -0.380 e. The minimum atomic E-state index is -3.88. The van der Waals surface area contributed by atoms with Gasteiger partial charge in [-0.05, 0) is 31.5 Å². The molecule has 1 aliphatic rings. The predicted molar refractivity (Wildman–Crippen MR) is 98.2 cm³/mol. The number of sulfonamides is 1. The van der Waals surface area contributed by atoms with E-state index in [1.165, 1.54) is 18.2 Å². The summed E-state index contributed by atoms with van der Waals surface area (Å²) in [6.07, 6.45) is 0.566. The van der Waals surface area contributed by atoms with Crippen LogP contribution >= 0.6 is 0 Å². The van der Waals surface area contributed by atoms with Crippen molar-refractivity contribution in [2.75, 3.05) is 10.6 Å². The van der Waals surface area contributed by atoms with Gasteiger partial charge in [0.1, 0.15) is 4.90 Å². The van der Waals surface area contributed by atoms with Crippen molar-refractivity contribution in [1.82, 2.24) is 4.72 Å². The number of halogens is 3. The lowest BCUT2D eigenvalue weighted by Gasteiger charge is -2.21. The molecule has 0 saturated carbocycles. The van der Waals surface area contributed by atoms with Crippen molar-refractivity contribution in [1.29, 1.82) is 0 Å². The van der Waals surface area contributed by atoms with Gasteiger partial charge in [-0.1, -0.05) is 6.92 Å². The zero-order valence-corrected chi connectivity index (χ0v) is 15.8. The third-order valence-electron chi connectivity index (χ3n) is 4.51. The highest BCUT2D eigenvalue weighted by molar-refractivity contribution is 7.89. The minimum absolute atomic E-state index is 0.0429. The number of amides is 1. The molecular formula is C18H18F3N3O3S. The molecule has 1 aliphatic heterocycles. The molecule has 2 unspecified atom stereocenters. The van der Waals surface area contributed by atoms with E-state index in [1.807, 2.05) is 13.8 Å². The predicted octanol–water partition coefficient (Wildman–Crippen LogP) is 3.23. The topological polar surface area (TPSA) is 87.3 Å². The lowest BCUT2D eigenvalue weighted by molar-refractivity contribution is 0.102. The number of nitrogens with one attached hydrogen (secondary N) is 3. The molecule has 0 spiro atoms. The maximum Gasteiger partial charge on any atom is 0.255 e. The summed E-state index contributed by atoms with van der Waals surface area (Å²) >= 11 is 0. The maximum atomic E-state index is 13.3. The summed E-state index contributed by atoms with van der Waals surface area (Å²) in [5, 5.41) is 5.33. The van der Waals surface area contributed by atoms with Crippen molar-refractivity contribution in [2.45, 2.75) is 37.2 Å². The van der Waals surface area contributed by atoms with Gasteiger partial charge in [-0.15, -0.1) is 0 Å². The van der Waals surface area contributed by atoms with Gasteiger partial charge in [0.2, 0.25) is 10.0 Å². The van der Waals surface area contributed by atoms with Crippen LogP contribution in [-0.2, 0) is 10.0 Å². The average Bonchev–Trinajstić information content (AvgIpc) is 2.73. The first-order valence-corrected chi connectivity index (χ1v) is 9.99. The molecule has 2 aromatic rings. The van der Waals surface area contributed by atoms with Crippen molar-refractivity contribution in [2.24, 2.45) is 0 Å². The summed E-state index contributed by atoms with van der Waals surface area (Å²) in [7, 11) is -3.88. The lowest BCUT2D eigenvalue weighted by atomic mass is 10.1. The van der Waals surface area contributed by atoms with E-state index >= 15 is 0 Å². The van der Waals surface area contributed by atoms with Crippen LogP contribution in [0.4, 0.5) is 24.5 Å². The Morgan fingerprint density at radius 2 is 1.79 bits per heavy atom. The number of carbonyl (C=O) groups excluding carboxylic acids is 1.